The molecule has 0 aliphatic carbocycles. The van der Waals surface area contributed by atoms with Crippen LogP contribution in [-0.2, 0) is 14.8 Å². The Morgan fingerprint density at radius 3 is 2.26 bits per heavy atom. The van der Waals surface area contributed by atoms with Gasteiger partial charge in [0.1, 0.15) is 0 Å². The largest absolute Gasteiger partial charge is 0.478 e. The summed E-state index contributed by atoms with van der Waals surface area (Å²) in [5.41, 5.74) is -0.182. The van der Waals surface area contributed by atoms with Gasteiger partial charge in [0.15, 0.2) is 5.90 Å². The number of nitro groups is 1. The summed E-state index contributed by atoms with van der Waals surface area (Å²) in [5.74, 6) is 0.0216. The number of non-ortho nitro benzene ring substituents is 1. The van der Waals surface area contributed by atoms with E-state index >= 15 is 0 Å². The second kappa shape index (κ2) is 5.79. The Bertz CT molecular complexity index is 590. The van der Waals surface area contributed by atoms with Crippen molar-refractivity contribution in [1.29, 1.82) is 0 Å². The molecule has 0 radical (unpaired) electrons. The number of sulfonamides is 1. The Labute approximate surface area is 111 Å². The maximum atomic E-state index is 11.9. The molecule has 0 fully saturated rings. The molecule has 7 nitrogen and oxygen atoms in total. The molecule has 0 heterocycles. The average Bonchev–Trinajstić information content (AvgIpc) is 2.27. The summed E-state index contributed by atoms with van der Waals surface area (Å²) in [4.78, 5) is 9.74. The Kier molecular flexibility index (Phi) is 4.60. The molecule has 0 spiro atoms. The molecule has 104 valence electrons. The summed E-state index contributed by atoms with van der Waals surface area (Å²) in [6, 6.07) is 4.50. The first-order valence-electron chi connectivity index (χ1n) is 5.45. The second-order valence-electron chi connectivity index (χ2n) is 4.00. The summed E-state index contributed by atoms with van der Waals surface area (Å²) in [5, 5.41) is 10.5. The molecule has 0 atom stereocenters. The highest BCUT2D eigenvalue weighted by molar-refractivity contribution is 7.90. The number of ether oxygens (including phenoxy) is 1. The summed E-state index contributed by atoms with van der Waals surface area (Å²) in [7, 11) is -3.91. The van der Waals surface area contributed by atoms with E-state index in [1.54, 1.807) is 13.8 Å². The van der Waals surface area contributed by atoms with Crippen molar-refractivity contribution in [2.24, 2.45) is 4.40 Å². The first kappa shape index (κ1) is 15.1. The van der Waals surface area contributed by atoms with E-state index in [-0.39, 0.29) is 22.6 Å². The van der Waals surface area contributed by atoms with Gasteiger partial charge in [-0.1, -0.05) is 0 Å². The number of rotatable bonds is 4. The highest BCUT2D eigenvalue weighted by atomic mass is 32.2. The summed E-state index contributed by atoms with van der Waals surface area (Å²) in [6.45, 7) is 4.93. The van der Waals surface area contributed by atoms with Crippen LogP contribution in [0.4, 0.5) is 5.69 Å². The molecule has 0 unspecified atom stereocenters. The lowest BCUT2D eigenvalue weighted by molar-refractivity contribution is -0.384. The molecule has 1 rings (SSSR count). The summed E-state index contributed by atoms with van der Waals surface area (Å²) >= 11 is 0. The van der Waals surface area contributed by atoms with E-state index in [2.05, 4.69) is 4.40 Å². The van der Waals surface area contributed by atoms with Gasteiger partial charge in [-0.25, -0.2) is 0 Å². The Balaban J connectivity index is 3.04. The third-order valence-electron chi connectivity index (χ3n) is 2.00. The van der Waals surface area contributed by atoms with Gasteiger partial charge in [-0.05, 0) is 26.0 Å². The molecule has 1 aromatic carbocycles. The maximum Gasteiger partial charge on any atom is 0.285 e. The standard InChI is InChI=1S/C11H14N2O5S/c1-8(2)18-9(3)12-19(16,17)11-6-4-10(5-7-11)13(14)15/h4-8H,1-3H3/b12-9+. The summed E-state index contributed by atoms with van der Waals surface area (Å²) < 4.78 is 32.4. The van der Waals surface area contributed by atoms with Gasteiger partial charge in [0.05, 0.1) is 15.9 Å². The van der Waals surface area contributed by atoms with E-state index in [0.717, 1.165) is 24.3 Å². The van der Waals surface area contributed by atoms with E-state index in [9.17, 15) is 18.5 Å². The first-order valence-corrected chi connectivity index (χ1v) is 6.89. The van der Waals surface area contributed by atoms with Gasteiger partial charge in [-0.3, -0.25) is 10.1 Å². The summed E-state index contributed by atoms with van der Waals surface area (Å²) in [6.07, 6.45) is -0.184. The number of benzene rings is 1. The van der Waals surface area contributed by atoms with Gasteiger partial charge in [0, 0.05) is 19.1 Å². The first-order chi connectivity index (χ1) is 8.72. The van der Waals surface area contributed by atoms with Crippen LogP contribution in [0.5, 0.6) is 0 Å². The molecule has 19 heavy (non-hydrogen) atoms. The minimum atomic E-state index is -3.91. The van der Waals surface area contributed by atoms with Gasteiger partial charge in [0.2, 0.25) is 0 Å². The van der Waals surface area contributed by atoms with Crippen LogP contribution in [0, 0.1) is 10.1 Å². The van der Waals surface area contributed by atoms with Crippen molar-refractivity contribution in [3.05, 3.63) is 34.4 Å². The third-order valence-corrected chi connectivity index (χ3v) is 3.37. The quantitative estimate of drug-likeness (QED) is 0.365. The topological polar surface area (TPSA) is 98.9 Å². The van der Waals surface area contributed by atoms with Crippen molar-refractivity contribution in [2.75, 3.05) is 0 Å². The van der Waals surface area contributed by atoms with Crippen LogP contribution in [0.25, 0.3) is 0 Å². The molecule has 0 aromatic heterocycles. The predicted molar refractivity (Wildman–Crippen MR) is 69.6 cm³/mol. The van der Waals surface area contributed by atoms with Crippen LogP contribution in [0.15, 0.2) is 33.6 Å². The zero-order chi connectivity index (χ0) is 14.6. The van der Waals surface area contributed by atoms with Crippen molar-refractivity contribution >= 4 is 21.6 Å². The van der Waals surface area contributed by atoms with Crippen LogP contribution >= 0.6 is 0 Å². The monoisotopic (exact) mass is 286 g/mol. The molecule has 8 heteroatoms. The van der Waals surface area contributed by atoms with Crippen LogP contribution < -0.4 is 0 Å². The van der Waals surface area contributed by atoms with E-state index in [1.807, 2.05) is 0 Å². The predicted octanol–water partition coefficient (Wildman–Crippen LogP) is 2.13. The van der Waals surface area contributed by atoms with E-state index < -0.39 is 14.9 Å². The van der Waals surface area contributed by atoms with Gasteiger partial charge < -0.3 is 4.74 Å². The van der Waals surface area contributed by atoms with Crippen molar-refractivity contribution in [3.8, 4) is 0 Å². The highest BCUT2D eigenvalue weighted by Gasteiger charge is 2.15. The lowest BCUT2D eigenvalue weighted by Gasteiger charge is -2.08. The van der Waals surface area contributed by atoms with Crippen molar-refractivity contribution in [3.63, 3.8) is 0 Å². The zero-order valence-corrected chi connectivity index (χ0v) is 11.5. The van der Waals surface area contributed by atoms with Crippen LogP contribution in [-0.4, -0.2) is 25.3 Å². The third kappa shape index (κ3) is 4.32. The Morgan fingerprint density at radius 1 is 1.32 bits per heavy atom. The fourth-order valence-electron chi connectivity index (χ4n) is 1.32. The van der Waals surface area contributed by atoms with Crippen LogP contribution in [0.1, 0.15) is 20.8 Å². The number of hydrogen-bond acceptors (Lipinski definition) is 5. The van der Waals surface area contributed by atoms with Crippen molar-refractivity contribution in [1.82, 2.24) is 0 Å². The van der Waals surface area contributed by atoms with Crippen LogP contribution in [0.2, 0.25) is 0 Å². The SMILES string of the molecule is C/C(=N\S(=O)(=O)c1ccc([N+](=O)[O-])cc1)OC(C)C. The molecule has 0 aliphatic heterocycles. The van der Waals surface area contributed by atoms with Crippen LogP contribution in [0.3, 0.4) is 0 Å². The molecule has 0 N–H and O–H groups in total. The Morgan fingerprint density at radius 2 is 1.84 bits per heavy atom. The minimum absolute atomic E-state index is 0.0216. The van der Waals surface area contributed by atoms with Crippen molar-refractivity contribution in [2.45, 2.75) is 31.8 Å². The van der Waals surface area contributed by atoms with E-state index in [0.29, 0.717) is 0 Å². The lowest BCUT2D eigenvalue weighted by atomic mass is 10.3. The Hall–Kier alpha value is -1.96. The number of hydrogen-bond donors (Lipinski definition) is 0. The van der Waals surface area contributed by atoms with Gasteiger partial charge >= 0.3 is 0 Å². The number of nitrogens with zero attached hydrogens (tertiary/aromatic N) is 2. The zero-order valence-electron chi connectivity index (χ0n) is 10.7. The molecule has 1 aromatic rings. The molecule has 0 saturated heterocycles. The average molecular weight is 286 g/mol. The fraction of sp³-hybridized carbons (Fsp3) is 0.364. The molecular weight excluding hydrogens is 272 g/mol. The normalized spacial score (nSPS) is 12.5. The van der Waals surface area contributed by atoms with Gasteiger partial charge in [0.25, 0.3) is 15.7 Å². The van der Waals surface area contributed by atoms with Gasteiger partial charge in [-0.15, -0.1) is 4.40 Å². The van der Waals surface area contributed by atoms with E-state index in [1.165, 1.54) is 6.92 Å². The van der Waals surface area contributed by atoms with Crippen molar-refractivity contribution < 1.29 is 18.1 Å². The van der Waals surface area contributed by atoms with E-state index in [4.69, 9.17) is 4.74 Å². The molecular formula is C11H14N2O5S. The molecule has 0 aliphatic rings. The lowest BCUT2D eigenvalue weighted by Crippen LogP contribution is -2.10. The number of nitro benzene ring substituents is 1. The fourth-order valence-corrected chi connectivity index (χ4v) is 2.29. The molecule has 0 amide bonds. The molecule has 0 bridgehead atoms. The highest BCUT2D eigenvalue weighted by Crippen LogP contribution is 2.17. The smallest absolute Gasteiger partial charge is 0.285 e. The minimum Gasteiger partial charge on any atom is -0.478 e. The molecule has 0 saturated carbocycles. The van der Waals surface area contributed by atoms with Gasteiger partial charge in [-0.2, -0.15) is 8.42 Å². The second-order valence-corrected chi connectivity index (χ2v) is 5.61. The maximum absolute atomic E-state index is 11.9.